The Hall–Kier alpha value is -2.71. The van der Waals surface area contributed by atoms with Gasteiger partial charge in [0, 0.05) is 5.56 Å². The van der Waals surface area contributed by atoms with E-state index in [0.717, 1.165) is 0 Å². The van der Waals surface area contributed by atoms with Crippen LogP contribution in [0.1, 0.15) is 28.4 Å². The molecular formula is C17H18BFN2O4. The van der Waals surface area contributed by atoms with Gasteiger partial charge in [-0.15, -0.1) is 0 Å². The van der Waals surface area contributed by atoms with Crippen molar-refractivity contribution in [2.24, 2.45) is 0 Å². The van der Waals surface area contributed by atoms with E-state index in [1.165, 1.54) is 24.3 Å². The van der Waals surface area contributed by atoms with Gasteiger partial charge in [0.15, 0.2) is 0 Å². The Morgan fingerprint density at radius 2 is 1.68 bits per heavy atom. The Bertz CT molecular complexity index is 710. The summed E-state index contributed by atoms with van der Waals surface area (Å²) in [7, 11) is -1.66. The topological polar surface area (TPSA) is 98.7 Å². The van der Waals surface area contributed by atoms with Crippen LogP contribution in [0.2, 0.25) is 0 Å². The van der Waals surface area contributed by atoms with Crippen LogP contribution in [0.5, 0.6) is 0 Å². The highest BCUT2D eigenvalue weighted by molar-refractivity contribution is 6.41. The molecule has 1 unspecified atom stereocenters. The summed E-state index contributed by atoms with van der Waals surface area (Å²) >= 11 is 0. The Morgan fingerprint density at radius 3 is 2.28 bits per heavy atom. The minimum absolute atomic E-state index is 0.128. The first-order chi connectivity index (χ1) is 12.0. The lowest BCUT2D eigenvalue weighted by Gasteiger charge is -2.19. The fraction of sp³-hybridized carbons (Fsp3) is 0.176. The minimum atomic E-state index is -1.66. The third-order valence-electron chi connectivity index (χ3n) is 3.49. The van der Waals surface area contributed by atoms with Crippen LogP contribution >= 0.6 is 0 Å². The lowest BCUT2D eigenvalue weighted by molar-refractivity contribution is -0.121. The molecule has 0 aromatic heterocycles. The van der Waals surface area contributed by atoms with Gasteiger partial charge in [0.1, 0.15) is 5.82 Å². The summed E-state index contributed by atoms with van der Waals surface area (Å²) in [5, 5.41) is 22.7. The summed E-state index contributed by atoms with van der Waals surface area (Å²) in [5.41, 5.74) is 0.992. The smallest absolute Gasteiger partial charge is 0.426 e. The molecule has 2 amide bonds. The molecule has 1 atom stereocenters. The second kappa shape index (κ2) is 8.96. The highest BCUT2D eigenvalue weighted by Gasteiger charge is 2.20. The van der Waals surface area contributed by atoms with Crippen LogP contribution in [0, 0.1) is 5.82 Å². The summed E-state index contributed by atoms with van der Waals surface area (Å²) in [6, 6.07) is 13.3. The van der Waals surface area contributed by atoms with Crippen molar-refractivity contribution in [3.05, 3.63) is 71.5 Å². The van der Waals surface area contributed by atoms with E-state index in [4.69, 9.17) is 10.0 Å². The number of carbonyl (C=O) groups excluding carboxylic acids is 2. The highest BCUT2D eigenvalue weighted by Crippen LogP contribution is 2.18. The Morgan fingerprint density at radius 1 is 1.04 bits per heavy atom. The molecule has 0 aliphatic carbocycles. The average molecular weight is 344 g/mol. The standard InChI is InChI=1S/C17H18BFN2O4/c19-14-8-6-12(7-9-14)15(10-16(22)20-11-18(24)25)21-17(23)13-4-2-1-3-5-13/h1-9,15,24-25H,10-11H2,(H,20,22)(H,21,23). The zero-order valence-electron chi connectivity index (χ0n) is 13.4. The van der Waals surface area contributed by atoms with Crippen molar-refractivity contribution in [3.8, 4) is 0 Å². The van der Waals surface area contributed by atoms with Gasteiger partial charge in [0.05, 0.1) is 18.9 Å². The van der Waals surface area contributed by atoms with Crippen LogP contribution in [-0.2, 0) is 4.79 Å². The fourth-order valence-electron chi connectivity index (χ4n) is 2.24. The Kier molecular flexibility index (Phi) is 6.67. The maximum atomic E-state index is 13.1. The zero-order valence-corrected chi connectivity index (χ0v) is 13.4. The molecule has 0 radical (unpaired) electrons. The summed E-state index contributed by atoms with van der Waals surface area (Å²) < 4.78 is 13.1. The molecule has 0 saturated carbocycles. The van der Waals surface area contributed by atoms with Crippen molar-refractivity contribution < 1.29 is 24.0 Å². The Labute approximate surface area is 144 Å². The number of hydrogen-bond donors (Lipinski definition) is 4. The molecule has 2 aromatic carbocycles. The third-order valence-corrected chi connectivity index (χ3v) is 3.49. The van der Waals surface area contributed by atoms with Gasteiger partial charge in [-0.1, -0.05) is 30.3 Å². The quantitative estimate of drug-likeness (QED) is 0.559. The average Bonchev–Trinajstić information content (AvgIpc) is 2.61. The number of amides is 2. The van der Waals surface area contributed by atoms with Gasteiger partial charge in [-0.05, 0) is 29.8 Å². The molecule has 0 aliphatic rings. The summed E-state index contributed by atoms with van der Waals surface area (Å²) in [5.74, 6) is -1.27. The molecule has 0 spiro atoms. The van der Waals surface area contributed by atoms with Crippen molar-refractivity contribution >= 4 is 18.9 Å². The lowest BCUT2D eigenvalue weighted by Crippen LogP contribution is -2.38. The van der Waals surface area contributed by atoms with Gasteiger partial charge < -0.3 is 20.7 Å². The van der Waals surface area contributed by atoms with Crippen LogP contribution in [-0.4, -0.2) is 35.4 Å². The molecule has 0 heterocycles. The molecule has 6 nitrogen and oxygen atoms in total. The fourth-order valence-corrected chi connectivity index (χ4v) is 2.24. The first-order valence-corrected chi connectivity index (χ1v) is 7.70. The molecule has 130 valence electrons. The summed E-state index contributed by atoms with van der Waals surface area (Å²) in [6.07, 6.45) is -0.446. The van der Waals surface area contributed by atoms with Crippen LogP contribution < -0.4 is 10.6 Å². The van der Waals surface area contributed by atoms with Gasteiger partial charge in [-0.25, -0.2) is 4.39 Å². The van der Waals surface area contributed by atoms with Crippen molar-refractivity contribution in [1.29, 1.82) is 0 Å². The second-order valence-corrected chi connectivity index (χ2v) is 5.43. The Balaban J connectivity index is 2.12. The lowest BCUT2D eigenvalue weighted by atomic mass is 9.92. The molecule has 0 fully saturated rings. The maximum absolute atomic E-state index is 13.1. The monoisotopic (exact) mass is 344 g/mol. The predicted molar refractivity (Wildman–Crippen MR) is 90.9 cm³/mol. The maximum Gasteiger partial charge on any atom is 0.472 e. The van der Waals surface area contributed by atoms with Crippen LogP contribution in [0.3, 0.4) is 0 Å². The minimum Gasteiger partial charge on any atom is -0.426 e. The van der Waals surface area contributed by atoms with Crippen molar-refractivity contribution in [1.82, 2.24) is 10.6 Å². The van der Waals surface area contributed by atoms with E-state index in [1.54, 1.807) is 30.3 Å². The van der Waals surface area contributed by atoms with Gasteiger partial charge in [-0.2, -0.15) is 0 Å². The summed E-state index contributed by atoms with van der Waals surface area (Å²) in [4.78, 5) is 24.3. The van der Waals surface area contributed by atoms with Crippen molar-refractivity contribution in [2.75, 3.05) is 6.44 Å². The molecule has 8 heteroatoms. The number of benzene rings is 2. The van der Waals surface area contributed by atoms with Gasteiger partial charge >= 0.3 is 7.12 Å². The summed E-state index contributed by atoms with van der Waals surface area (Å²) in [6.45, 7) is 0. The van der Waals surface area contributed by atoms with Crippen molar-refractivity contribution in [3.63, 3.8) is 0 Å². The van der Waals surface area contributed by atoms with Crippen LogP contribution in [0.15, 0.2) is 54.6 Å². The van der Waals surface area contributed by atoms with Crippen LogP contribution in [0.25, 0.3) is 0 Å². The molecule has 2 aromatic rings. The van der Waals surface area contributed by atoms with Gasteiger partial charge in [-0.3, -0.25) is 9.59 Å². The number of rotatable bonds is 7. The predicted octanol–water partition coefficient (Wildman–Crippen LogP) is 0.815. The second-order valence-electron chi connectivity index (χ2n) is 5.43. The molecule has 0 bridgehead atoms. The van der Waals surface area contributed by atoms with Crippen molar-refractivity contribution in [2.45, 2.75) is 12.5 Å². The number of hydrogen-bond acceptors (Lipinski definition) is 4. The van der Waals surface area contributed by atoms with Crippen LogP contribution in [0.4, 0.5) is 4.39 Å². The normalized spacial score (nSPS) is 11.5. The molecule has 0 saturated heterocycles. The van der Waals surface area contributed by atoms with Gasteiger partial charge in [0.2, 0.25) is 5.91 Å². The number of halogens is 1. The van der Waals surface area contributed by atoms with E-state index in [1.807, 2.05) is 0 Å². The van der Waals surface area contributed by atoms with Gasteiger partial charge in [0.25, 0.3) is 5.91 Å². The molecule has 2 rings (SSSR count). The van der Waals surface area contributed by atoms with E-state index in [2.05, 4.69) is 10.6 Å². The third kappa shape index (κ3) is 6.02. The van der Waals surface area contributed by atoms with E-state index in [-0.39, 0.29) is 18.8 Å². The number of nitrogens with one attached hydrogen (secondary N) is 2. The first-order valence-electron chi connectivity index (χ1n) is 7.70. The zero-order chi connectivity index (χ0) is 18.2. The molecule has 4 N–H and O–H groups in total. The first kappa shape index (κ1) is 18.6. The molecule has 25 heavy (non-hydrogen) atoms. The highest BCUT2D eigenvalue weighted by atomic mass is 19.1. The molecular weight excluding hydrogens is 326 g/mol. The van der Waals surface area contributed by atoms with E-state index >= 15 is 0 Å². The molecule has 0 aliphatic heterocycles. The van der Waals surface area contributed by atoms with E-state index in [9.17, 15) is 14.0 Å². The van der Waals surface area contributed by atoms with E-state index < -0.39 is 24.9 Å². The SMILES string of the molecule is O=C(CC(NC(=O)c1ccccc1)c1ccc(F)cc1)NCB(O)O. The van der Waals surface area contributed by atoms with E-state index in [0.29, 0.717) is 11.1 Å². The number of carbonyl (C=O) groups is 2. The largest absolute Gasteiger partial charge is 0.472 e.